The zero-order valence-corrected chi connectivity index (χ0v) is 15.4. The van der Waals surface area contributed by atoms with Crippen LogP contribution in [0.5, 0.6) is 0 Å². The SMILES string of the molecule is CCOP(=O)(Cc1ccc(CC[C@H](NC)C(C)=O)cc1)OCC. The lowest BCUT2D eigenvalue weighted by Gasteiger charge is -2.17. The molecule has 1 rings (SSSR count). The van der Waals surface area contributed by atoms with E-state index in [1.807, 2.05) is 38.1 Å². The summed E-state index contributed by atoms with van der Waals surface area (Å²) in [4.78, 5) is 11.4. The maximum Gasteiger partial charge on any atom is 0.335 e. The van der Waals surface area contributed by atoms with Gasteiger partial charge in [0.15, 0.2) is 0 Å². The van der Waals surface area contributed by atoms with Crippen molar-refractivity contribution in [1.82, 2.24) is 5.32 Å². The molecule has 0 saturated heterocycles. The summed E-state index contributed by atoms with van der Waals surface area (Å²) in [5.74, 6) is 0.151. The minimum absolute atomic E-state index is 0.106. The van der Waals surface area contributed by atoms with E-state index in [1.165, 1.54) is 0 Å². The van der Waals surface area contributed by atoms with Gasteiger partial charge in [0.2, 0.25) is 0 Å². The standard InChI is InChI=1S/C17H28NO4P/c1-5-21-23(20,22-6-2)13-16-9-7-15(8-10-16)11-12-17(18-4)14(3)19/h7-10,17-18H,5-6,11-13H2,1-4H3/t17-/m0/s1. The molecule has 0 fully saturated rings. The number of aryl methyl sites for hydroxylation is 1. The number of hydrogen-bond donors (Lipinski definition) is 1. The van der Waals surface area contributed by atoms with Crippen LogP contribution in [0.4, 0.5) is 0 Å². The van der Waals surface area contributed by atoms with E-state index in [4.69, 9.17) is 9.05 Å². The second-order valence-corrected chi connectivity index (χ2v) is 7.47. The zero-order valence-electron chi connectivity index (χ0n) is 14.5. The second-order valence-electron chi connectivity index (χ2n) is 5.41. The highest BCUT2D eigenvalue weighted by molar-refractivity contribution is 7.53. The minimum Gasteiger partial charge on any atom is -0.311 e. The van der Waals surface area contributed by atoms with E-state index in [9.17, 15) is 9.36 Å². The van der Waals surface area contributed by atoms with Crippen molar-refractivity contribution in [3.8, 4) is 0 Å². The molecule has 0 aliphatic heterocycles. The Bertz CT molecular complexity index is 520. The van der Waals surface area contributed by atoms with Gasteiger partial charge < -0.3 is 14.4 Å². The van der Waals surface area contributed by atoms with Crippen molar-refractivity contribution in [3.05, 3.63) is 35.4 Å². The Hall–Kier alpha value is -1.00. The number of ketones is 1. The Balaban J connectivity index is 2.65. The van der Waals surface area contributed by atoms with Crippen molar-refractivity contribution < 1.29 is 18.4 Å². The fraction of sp³-hybridized carbons (Fsp3) is 0.588. The van der Waals surface area contributed by atoms with Gasteiger partial charge in [-0.25, -0.2) is 0 Å². The molecular formula is C17H28NO4P. The molecule has 0 heterocycles. The van der Waals surface area contributed by atoms with E-state index >= 15 is 0 Å². The molecule has 0 bridgehead atoms. The normalized spacial score (nSPS) is 13.0. The molecule has 0 spiro atoms. The molecule has 5 nitrogen and oxygen atoms in total. The lowest BCUT2D eigenvalue weighted by Crippen LogP contribution is -2.32. The average Bonchev–Trinajstić information content (AvgIpc) is 2.49. The zero-order chi connectivity index (χ0) is 17.3. The van der Waals surface area contributed by atoms with Crippen LogP contribution in [0.2, 0.25) is 0 Å². The fourth-order valence-electron chi connectivity index (χ4n) is 2.42. The van der Waals surface area contributed by atoms with E-state index in [-0.39, 0.29) is 18.0 Å². The molecule has 0 unspecified atom stereocenters. The van der Waals surface area contributed by atoms with Crippen LogP contribution in [0, 0.1) is 0 Å². The maximum atomic E-state index is 12.5. The van der Waals surface area contributed by atoms with E-state index in [0.29, 0.717) is 13.2 Å². The smallest absolute Gasteiger partial charge is 0.311 e. The van der Waals surface area contributed by atoms with Crippen molar-refractivity contribution in [2.75, 3.05) is 20.3 Å². The molecule has 0 radical (unpaired) electrons. The first-order valence-electron chi connectivity index (χ1n) is 8.07. The van der Waals surface area contributed by atoms with Crippen molar-refractivity contribution in [3.63, 3.8) is 0 Å². The van der Waals surface area contributed by atoms with Crippen LogP contribution in [0.1, 0.15) is 38.3 Å². The van der Waals surface area contributed by atoms with E-state index < -0.39 is 7.60 Å². The van der Waals surface area contributed by atoms with Gasteiger partial charge in [0.1, 0.15) is 5.78 Å². The predicted octanol–water partition coefficient (Wildman–Crippen LogP) is 3.56. The monoisotopic (exact) mass is 341 g/mol. The highest BCUT2D eigenvalue weighted by Crippen LogP contribution is 2.51. The summed E-state index contributed by atoms with van der Waals surface area (Å²) in [6, 6.07) is 7.80. The topological polar surface area (TPSA) is 64.6 Å². The van der Waals surface area contributed by atoms with Crippen LogP contribution in [-0.2, 0) is 31.0 Å². The molecule has 0 aliphatic carbocycles. The molecule has 0 aromatic heterocycles. The molecule has 0 saturated carbocycles. The van der Waals surface area contributed by atoms with Gasteiger partial charge in [0.25, 0.3) is 0 Å². The summed E-state index contributed by atoms with van der Waals surface area (Å²) in [6.07, 6.45) is 1.86. The highest BCUT2D eigenvalue weighted by Gasteiger charge is 2.23. The maximum absolute atomic E-state index is 12.5. The molecule has 23 heavy (non-hydrogen) atoms. The summed E-state index contributed by atoms with van der Waals surface area (Å²) in [6.45, 7) is 5.95. The van der Waals surface area contributed by atoms with E-state index in [2.05, 4.69) is 5.32 Å². The third-order valence-corrected chi connectivity index (χ3v) is 5.67. The Kier molecular flexibility index (Phi) is 8.71. The molecule has 1 atom stereocenters. The third kappa shape index (κ3) is 6.96. The average molecular weight is 341 g/mol. The number of Topliss-reactive ketones (excluding diaryl/α,β-unsaturated/α-hetero) is 1. The predicted molar refractivity (Wildman–Crippen MR) is 92.9 cm³/mol. The van der Waals surface area contributed by atoms with Crippen LogP contribution in [0.25, 0.3) is 0 Å². The van der Waals surface area contributed by atoms with Crippen LogP contribution in [0.15, 0.2) is 24.3 Å². The largest absolute Gasteiger partial charge is 0.335 e. The van der Waals surface area contributed by atoms with Crippen molar-refractivity contribution in [1.29, 1.82) is 0 Å². The van der Waals surface area contributed by atoms with Crippen LogP contribution in [0.3, 0.4) is 0 Å². The molecular weight excluding hydrogens is 313 g/mol. The van der Waals surface area contributed by atoms with Gasteiger partial charge in [0, 0.05) is 0 Å². The van der Waals surface area contributed by atoms with Crippen molar-refractivity contribution in [2.24, 2.45) is 0 Å². The van der Waals surface area contributed by atoms with E-state index in [1.54, 1.807) is 14.0 Å². The van der Waals surface area contributed by atoms with Gasteiger partial charge in [-0.15, -0.1) is 0 Å². The number of carbonyl (C=O) groups excluding carboxylic acids is 1. The summed E-state index contributed by atoms with van der Waals surface area (Å²) in [5, 5.41) is 3.02. The lowest BCUT2D eigenvalue weighted by molar-refractivity contribution is -0.119. The van der Waals surface area contributed by atoms with Gasteiger partial charge in [0.05, 0.1) is 25.4 Å². The highest BCUT2D eigenvalue weighted by atomic mass is 31.2. The van der Waals surface area contributed by atoms with Crippen LogP contribution in [-0.4, -0.2) is 32.1 Å². The van der Waals surface area contributed by atoms with Gasteiger partial charge in [-0.1, -0.05) is 24.3 Å². The second kappa shape index (κ2) is 9.99. The molecule has 1 N–H and O–H groups in total. The van der Waals surface area contributed by atoms with Crippen LogP contribution >= 0.6 is 7.60 Å². The first kappa shape index (κ1) is 20.0. The Morgan fingerprint density at radius 3 is 2.09 bits per heavy atom. The quantitative estimate of drug-likeness (QED) is 0.624. The van der Waals surface area contributed by atoms with Crippen molar-refractivity contribution >= 4 is 13.4 Å². The molecule has 130 valence electrons. The molecule has 0 aliphatic rings. The summed E-state index contributed by atoms with van der Waals surface area (Å²) < 4.78 is 23.1. The molecule has 0 amide bonds. The summed E-state index contributed by atoms with van der Waals surface area (Å²) in [5.41, 5.74) is 2.08. The Morgan fingerprint density at radius 1 is 1.13 bits per heavy atom. The first-order valence-corrected chi connectivity index (χ1v) is 9.80. The van der Waals surface area contributed by atoms with Crippen molar-refractivity contribution in [2.45, 2.75) is 45.8 Å². The van der Waals surface area contributed by atoms with E-state index in [0.717, 1.165) is 24.0 Å². The number of likely N-dealkylation sites (N-methyl/N-ethyl adjacent to an activating group) is 1. The Morgan fingerprint density at radius 2 is 1.65 bits per heavy atom. The number of carbonyl (C=O) groups is 1. The third-order valence-electron chi connectivity index (χ3n) is 3.61. The lowest BCUT2D eigenvalue weighted by atomic mass is 10.0. The Labute approximate surface area is 139 Å². The van der Waals surface area contributed by atoms with Gasteiger partial charge in [-0.3, -0.25) is 9.36 Å². The number of hydrogen-bond acceptors (Lipinski definition) is 5. The van der Waals surface area contributed by atoms with Crippen LogP contribution < -0.4 is 5.32 Å². The molecule has 1 aromatic rings. The molecule has 1 aromatic carbocycles. The number of benzene rings is 1. The van der Waals surface area contributed by atoms with Gasteiger partial charge in [-0.05, 0) is 51.8 Å². The summed E-state index contributed by atoms with van der Waals surface area (Å²) >= 11 is 0. The minimum atomic E-state index is -3.06. The first-order chi connectivity index (χ1) is 10.9. The summed E-state index contributed by atoms with van der Waals surface area (Å²) in [7, 11) is -1.26. The van der Waals surface area contributed by atoms with Gasteiger partial charge in [-0.2, -0.15) is 0 Å². The number of rotatable bonds is 11. The fourth-order valence-corrected chi connectivity index (χ4v) is 4.12. The van der Waals surface area contributed by atoms with Gasteiger partial charge >= 0.3 is 7.60 Å². The molecule has 6 heteroatoms. The number of nitrogens with one attached hydrogen (secondary N) is 1.